The summed E-state index contributed by atoms with van der Waals surface area (Å²) in [6.07, 6.45) is 2.11. The predicted molar refractivity (Wildman–Crippen MR) is 75.2 cm³/mol. The molecule has 0 aromatic heterocycles. The Hall–Kier alpha value is -0.650. The topological polar surface area (TPSA) is 50.8 Å². The Kier molecular flexibility index (Phi) is 7.34. The first-order chi connectivity index (χ1) is 9.02. The molecule has 0 aromatic carbocycles. The van der Waals surface area contributed by atoms with E-state index >= 15 is 0 Å². The molecule has 2 atom stereocenters. The number of esters is 1. The lowest BCUT2D eigenvalue weighted by molar-refractivity contribution is -0.143. The maximum atomic E-state index is 11.7. The van der Waals surface area contributed by atoms with Crippen LogP contribution < -0.4 is 5.32 Å². The second kappa shape index (κ2) is 8.51. The van der Waals surface area contributed by atoms with Crippen LogP contribution in [-0.2, 0) is 14.3 Å². The number of nitrogens with one attached hydrogen (secondary N) is 1. The summed E-state index contributed by atoms with van der Waals surface area (Å²) in [6, 6.07) is 0.0555. The Morgan fingerprint density at radius 3 is 2.89 bits per heavy atom. The van der Waals surface area contributed by atoms with Crippen LogP contribution in [0.5, 0.6) is 0 Å². The fraction of sp³-hybridized carbons (Fsp3) is 0.929. The number of carbonyl (C=O) groups is 1. The number of carbonyl (C=O) groups excluding carboxylic acids is 1. The van der Waals surface area contributed by atoms with Crippen molar-refractivity contribution in [3.8, 4) is 0 Å². The smallest absolute Gasteiger partial charge is 0.322 e. The summed E-state index contributed by atoms with van der Waals surface area (Å²) in [5.74, 6) is -0.173. The number of hydrogen-bond donors (Lipinski definition) is 1. The van der Waals surface area contributed by atoms with Gasteiger partial charge in [0.1, 0.15) is 6.04 Å². The van der Waals surface area contributed by atoms with Crippen LogP contribution in [-0.4, -0.2) is 62.4 Å². The normalized spacial score (nSPS) is 23.1. The molecule has 1 N–H and O–H groups in total. The van der Waals surface area contributed by atoms with Gasteiger partial charge in [0.2, 0.25) is 0 Å². The van der Waals surface area contributed by atoms with E-state index < -0.39 is 0 Å². The van der Waals surface area contributed by atoms with Gasteiger partial charge in [-0.25, -0.2) is 0 Å². The fourth-order valence-corrected chi connectivity index (χ4v) is 2.41. The lowest BCUT2D eigenvalue weighted by Gasteiger charge is -2.25. The van der Waals surface area contributed by atoms with Gasteiger partial charge in [0.05, 0.1) is 13.2 Å². The predicted octanol–water partition coefficient (Wildman–Crippen LogP) is 1.03. The first-order valence-corrected chi connectivity index (χ1v) is 7.20. The lowest BCUT2D eigenvalue weighted by atomic mass is 10.1. The zero-order valence-electron chi connectivity index (χ0n) is 12.6. The van der Waals surface area contributed by atoms with E-state index in [2.05, 4.69) is 17.1 Å². The molecule has 1 aliphatic rings. The summed E-state index contributed by atoms with van der Waals surface area (Å²) in [5, 5.41) is 3.26. The van der Waals surface area contributed by atoms with Gasteiger partial charge < -0.3 is 19.7 Å². The molecular formula is C14H28N2O3. The third-order valence-electron chi connectivity index (χ3n) is 3.29. The van der Waals surface area contributed by atoms with Gasteiger partial charge in [0, 0.05) is 32.3 Å². The van der Waals surface area contributed by atoms with Crippen LogP contribution in [0, 0.1) is 0 Å². The summed E-state index contributed by atoms with van der Waals surface area (Å²) in [7, 11) is 1.44. The molecule has 19 heavy (non-hydrogen) atoms. The first-order valence-electron chi connectivity index (χ1n) is 7.20. The molecule has 1 fully saturated rings. The highest BCUT2D eigenvalue weighted by Gasteiger charge is 2.22. The Morgan fingerprint density at radius 2 is 2.26 bits per heavy atom. The van der Waals surface area contributed by atoms with E-state index in [-0.39, 0.29) is 24.2 Å². The molecule has 2 unspecified atom stereocenters. The number of ether oxygens (including phenoxy) is 2. The fourth-order valence-electron chi connectivity index (χ4n) is 2.41. The number of hydrogen-bond acceptors (Lipinski definition) is 5. The molecule has 5 nitrogen and oxygen atoms in total. The number of nitrogens with zero attached hydrogens (tertiary/aromatic N) is 1. The number of methoxy groups -OCH3 is 1. The molecule has 0 bridgehead atoms. The minimum atomic E-state index is -0.218. The minimum Gasteiger partial charge on any atom is -0.468 e. The molecule has 0 radical (unpaired) electrons. The molecule has 0 saturated carbocycles. The van der Waals surface area contributed by atoms with Gasteiger partial charge in [0.15, 0.2) is 0 Å². The molecule has 1 heterocycles. The minimum absolute atomic E-state index is 0.173. The second-order valence-corrected chi connectivity index (χ2v) is 5.52. The lowest BCUT2D eigenvalue weighted by Crippen LogP contribution is -2.44. The summed E-state index contributed by atoms with van der Waals surface area (Å²) >= 11 is 0. The second-order valence-electron chi connectivity index (χ2n) is 5.52. The zero-order chi connectivity index (χ0) is 14.3. The highest BCUT2D eigenvalue weighted by molar-refractivity contribution is 5.75. The van der Waals surface area contributed by atoms with Crippen molar-refractivity contribution in [3.63, 3.8) is 0 Å². The maximum absolute atomic E-state index is 11.7. The average molecular weight is 272 g/mol. The summed E-state index contributed by atoms with van der Waals surface area (Å²) < 4.78 is 10.5. The largest absolute Gasteiger partial charge is 0.468 e. The summed E-state index contributed by atoms with van der Waals surface area (Å²) in [5.41, 5.74) is 0. The molecule has 0 spiro atoms. The quantitative estimate of drug-likeness (QED) is 0.732. The maximum Gasteiger partial charge on any atom is 0.322 e. The van der Waals surface area contributed by atoms with Gasteiger partial charge in [0.25, 0.3) is 0 Å². The SMILES string of the molecule is COC(=O)C(CCN1CCCOC(C)C1)NC(C)C. The van der Waals surface area contributed by atoms with E-state index in [4.69, 9.17) is 9.47 Å². The Bertz CT molecular complexity index is 271. The molecular weight excluding hydrogens is 244 g/mol. The van der Waals surface area contributed by atoms with Gasteiger partial charge in [-0.1, -0.05) is 13.8 Å². The molecule has 1 rings (SSSR count). The van der Waals surface area contributed by atoms with Crippen molar-refractivity contribution in [3.05, 3.63) is 0 Å². The highest BCUT2D eigenvalue weighted by atomic mass is 16.5. The third-order valence-corrected chi connectivity index (χ3v) is 3.29. The molecule has 5 heteroatoms. The van der Waals surface area contributed by atoms with Crippen molar-refractivity contribution in [1.29, 1.82) is 0 Å². The third kappa shape index (κ3) is 6.36. The van der Waals surface area contributed by atoms with E-state index in [1.807, 2.05) is 13.8 Å². The van der Waals surface area contributed by atoms with Gasteiger partial charge in [-0.2, -0.15) is 0 Å². The van der Waals surface area contributed by atoms with Crippen molar-refractivity contribution in [2.24, 2.45) is 0 Å². The van der Waals surface area contributed by atoms with Crippen LogP contribution in [0.2, 0.25) is 0 Å². The summed E-state index contributed by atoms with van der Waals surface area (Å²) in [6.45, 7) is 9.89. The number of rotatable bonds is 6. The van der Waals surface area contributed by atoms with Crippen LogP contribution in [0.25, 0.3) is 0 Å². The summed E-state index contributed by atoms with van der Waals surface area (Å²) in [4.78, 5) is 14.1. The van der Waals surface area contributed by atoms with Crippen molar-refractivity contribution in [1.82, 2.24) is 10.2 Å². The van der Waals surface area contributed by atoms with Crippen molar-refractivity contribution in [2.45, 2.75) is 51.8 Å². The van der Waals surface area contributed by atoms with Crippen LogP contribution >= 0.6 is 0 Å². The van der Waals surface area contributed by atoms with Gasteiger partial charge in [-0.3, -0.25) is 4.79 Å². The van der Waals surface area contributed by atoms with Crippen LogP contribution in [0.15, 0.2) is 0 Å². The van der Waals surface area contributed by atoms with Crippen molar-refractivity contribution < 1.29 is 14.3 Å². The average Bonchev–Trinajstić information content (AvgIpc) is 2.57. The van der Waals surface area contributed by atoms with Gasteiger partial charge in [-0.15, -0.1) is 0 Å². The molecule has 1 aliphatic heterocycles. The monoisotopic (exact) mass is 272 g/mol. The van der Waals surface area contributed by atoms with Crippen LogP contribution in [0.3, 0.4) is 0 Å². The molecule has 0 aliphatic carbocycles. The van der Waals surface area contributed by atoms with Gasteiger partial charge in [-0.05, 0) is 19.8 Å². The van der Waals surface area contributed by atoms with Crippen molar-refractivity contribution >= 4 is 5.97 Å². The standard InChI is InChI=1S/C14H28N2O3/c1-11(2)15-13(14(17)18-4)6-8-16-7-5-9-19-12(3)10-16/h11-13,15H,5-10H2,1-4H3. The van der Waals surface area contributed by atoms with Crippen LogP contribution in [0.4, 0.5) is 0 Å². The van der Waals surface area contributed by atoms with E-state index in [0.29, 0.717) is 0 Å². The Morgan fingerprint density at radius 1 is 1.53 bits per heavy atom. The van der Waals surface area contributed by atoms with E-state index in [0.717, 1.165) is 39.1 Å². The molecule has 1 saturated heterocycles. The van der Waals surface area contributed by atoms with E-state index in [1.54, 1.807) is 0 Å². The zero-order valence-corrected chi connectivity index (χ0v) is 12.6. The van der Waals surface area contributed by atoms with Crippen LogP contribution in [0.1, 0.15) is 33.6 Å². The molecule has 0 aromatic rings. The Balaban J connectivity index is 2.43. The van der Waals surface area contributed by atoms with Gasteiger partial charge >= 0.3 is 5.97 Å². The van der Waals surface area contributed by atoms with E-state index in [9.17, 15) is 4.79 Å². The van der Waals surface area contributed by atoms with Crippen molar-refractivity contribution in [2.75, 3.05) is 33.4 Å². The Labute approximate surface area is 116 Å². The molecule has 0 amide bonds. The highest BCUT2D eigenvalue weighted by Crippen LogP contribution is 2.07. The molecule has 112 valence electrons. The van der Waals surface area contributed by atoms with E-state index in [1.165, 1.54) is 7.11 Å². The first kappa shape index (κ1) is 16.4.